The van der Waals surface area contributed by atoms with Crippen LogP contribution in [-0.4, -0.2) is 26.0 Å². The van der Waals surface area contributed by atoms with E-state index in [1.54, 1.807) is 42.9 Å². The van der Waals surface area contributed by atoms with Crippen molar-refractivity contribution < 1.29 is 14.3 Å². The Balaban J connectivity index is 1.27. The maximum Gasteiger partial charge on any atom is 0.224 e. The van der Waals surface area contributed by atoms with Gasteiger partial charge in [0.15, 0.2) is 17.5 Å². The molecular weight excluding hydrogens is 380 g/mol. The summed E-state index contributed by atoms with van der Waals surface area (Å²) < 4.78 is 5.75. The highest BCUT2D eigenvalue weighted by Crippen LogP contribution is 2.21. The molecule has 0 saturated carbocycles. The average molecular weight is 400 g/mol. The SMILES string of the molecule is O=C(CCCc1ncc(-c2ccccc2)o1)Nc1cnc(-c2cccc(O)c2)nc1. The highest BCUT2D eigenvalue weighted by molar-refractivity contribution is 5.90. The van der Waals surface area contributed by atoms with Gasteiger partial charge in [-0.1, -0.05) is 42.5 Å². The summed E-state index contributed by atoms with van der Waals surface area (Å²) in [5, 5.41) is 12.3. The predicted molar refractivity (Wildman–Crippen MR) is 113 cm³/mol. The van der Waals surface area contributed by atoms with Crippen molar-refractivity contribution in [1.82, 2.24) is 15.0 Å². The first-order valence-electron chi connectivity index (χ1n) is 9.59. The van der Waals surface area contributed by atoms with Gasteiger partial charge in [-0.3, -0.25) is 4.79 Å². The van der Waals surface area contributed by atoms with E-state index in [2.05, 4.69) is 20.3 Å². The van der Waals surface area contributed by atoms with E-state index in [-0.39, 0.29) is 11.7 Å². The van der Waals surface area contributed by atoms with Crippen LogP contribution < -0.4 is 5.32 Å². The summed E-state index contributed by atoms with van der Waals surface area (Å²) in [6.45, 7) is 0. The summed E-state index contributed by atoms with van der Waals surface area (Å²) in [4.78, 5) is 24.9. The quantitative estimate of drug-likeness (QED) is 0.475. The fourth-order valence-electron chi connectivity index (χ4n) is 2.97. The second kappa shape index (κ2) is 9.00. The number of amides is 1. The van der Waals surface area contributed by atoms with Gasteiger partial charge in [0, 0.05) is 24.0 Å². The number of aromatic hydroxyl groups is 1. The molecule has 4 aromatic rings. The molecule has 7 heteroatoms. The van der Waals surface area contributed by atoms with Crippen LogP contribution in [0.25, 0.3) is 22.7 Å². The van der Waals surface area contributed by atoms with Crippen molar-refractivity contribution in [3.63, 3.8) is 0 Å². The van der Waals surface area contributed by atoms with E-state index in [9.17, 15) is 9.90 Å². The van der Waals surface area contributed by atoms with Crippen molar-refractivity contribution >= 4 is 11.6 Å². The summed E-state index contributed by atoms with van der Waals surface area (Å²) in [6, 6.07) is 16.5. The van der Waals surface area contributed by atoms with E-state index < -0.39 is 0 Å². The number of oxazole rings is 1. The van der Waals surface area contributed by atoms with Crippen molar-refractivity contribution in [2.45, 2.75) is 19.3 Å². The maximum absolute atomic E-state index is 12.2. The smallest absolute Gasteiger partial charge is 0.224 e. The number of phenolic OH excluding ortho intramolecular Hbond substituents is 1. The van der Waals surface area contributed by atoms with Crippen LogP contribution in [0.5, 0.6) is 5.75 Å². The van der Waals surface area contributed by atoms with Gasteiger partial charge in [-0.05, 0) is 18.6 Å². The molecule has 30 heavy (non-hydrogen) atoms. The molecule has 0 saturated heterocycles. The molecule has 0 radical (unpaired) electrons. The number of carbonyl (C=O) groups is 1. The van der Waals surface area contributed by atoms with E-state index in [0.29, 0.717) is 42.2 Å². The fraction of sp³-hybridized carbons (Fsp3) is 0.130. The van der Waals surface area contributed by atoms with Gasteiger partial charge < -0.3 is 14.8 Å². The third kappa shape index (κ3) is 4.88. The van der Waals surface area contributed by atoms with Crippen LogP contribution in [0.4, 0.5) is 5.69 Å². The minimum Gasteiger partial charge on any atom is -0.508 e. The number of aromatic nitrogens is 3. The summed E-state index contributed by atoms with van der Waals surface area (Å²) in [5.41, 5.74) is 2.20. The number of nitrogens with zero attached hydrogens (tertiary/aromatic N) is 3. The van der Waals surface area contributed by atoms with Crippen LogP contribution in [0.1, 0.15) is 18.7 Å². The molecular formula is C23H20N4O3. The van der Waals surface area contributed by atoms with Crippen molar-refractivity contribution in [2.75, 3.05) is 5.32 Å². The molecule has 2 N–H and O–H groups in total. The monoisotopic (exact) mass is 400 g/mol. The van der Waals surface area contributed by atoms with Crippen LogP contribution in [0.15, 0.2) is 77.6 Å². The summed E-state index contributed by atoms with van der Waals surface area (Å²) in [7, 11) is 0. The van der Waals surface area contributed by atoms with Crippen LogP contribution in [0.3, 0.4) is 0 Å². The maximum atomic E-state index is 12.2. The molecule has 2 heterocycles. The Bertz CT molecular complexity index is 1120. The number of hydrogen-bond acceptors (Lipinski definition) is 6. The lowest BCUT2D eigenvalue weighted by molar-refractivity contribution is -0.116. The van der Waals surface area contributed by atoms with Crippen LogP contribution in [0.2, 0.25) is 0 Å². The van der Waals surface area contributed by atoms with Gasteiger partial charge in [-0.2, -0.15) is 0 Å². The first kappa shape index (κ1) is 19.3. The minimum atomic E-state index is -0.126. The molecule has 0 fully saturated rings. The third-order valence-electron chi connectivity index (χ3n) is 4.45. The normalized spacial score (nSPS) is 10.7. The molecule has 150 valence electrons. The number of aryl methyl sites for hydroxylation is 1. The largest absolute Gasteiger partial charge is 0.508 e. The Morgan fingerprint density at radius 1 is 0.933 bits per heavy atom. The molecule has 0 aliphatic carbocycles. The number of nitrogens with one attached hydrogen (secondary N) is 1. The van der Waals surface area contributed by atoms with Gasteiger partial charge in [0.05, 0.1) is 24.3 Å². The molecule has 0 atom stereocenters. The lowest BCUT2D eigenvalue weighted by Gasteiger charge is -2.05. The number of carbonyl (C=O) groups excluding carboxylic acids is 1. The number of anilines is 1. The van der Waals surface area contributed by atoms with Crippen LogP contribution >= 0.6 is 0 Å². The molecule has 0 bridgehead atoms. The Kier molecular flexibility index (Phi) is 5.80. The summed E-state index contributed by atoms with van der Waals surface area (Å²) in [6.07, 6.45) is 6.32. The standard InChI is InChI=1S/C23H20N4O3/c28-19-9-4-8-17(12-19)23-25-13-18(14-26-23)27-21(29)10-5-11-22-24-15-20(30-22)16-6-2-1-3-7-16/h1-4,6-9,12-15,28H,5,10-11H2,(H,27,29). The third-order valence-corrected chi connectivity index (χ3v) is 4.45. The van der Waals surface area contributed by atoms with Gasteiger partial charge in [0.2, 0.25) is 5.91 Å². The fourth-order valence-corrected chi connectivity index (χ4v) is 2.97. The molecule has 0 aliphatic rings. The molecule has 4 rings (SSSR count). The second-order valence-corrected chi connectivity index (χ2v) is 6.73. The Hall–Kier alpha value is -4.00. The van der Waals surface area contributed by atoms with E-state index >= 15 is 0 Å². The number of benzene rings is 2. The molecule has 2 aromatic carbocycles. The van der Waals surface area contributed by atoms with E-state index in [0.717, 1.165) is 11.3 Å². The molecule has 1 amide bonds. The van der Waals surface area contributed by atoms with Crippen LogP contribution in [0, 0.1) is 0 Å². The first-order valence-corrected chi connectivity index (χ1v) is 9.59. The molecule has 2 aromatic heterocycles. The van der Waals surface area contributed by atoms with Gasteiger partial charge in [-0.15, -0.1) is 0 Å². The Morgan fingerprint density at radius 2 is 1.70 bits per heavy atom. The highest BCUT2D eigenvalue weighted by atomic mass is 16.4. The highest BCUT2D eigenvalue weighted by Gasteiger charge is 2.09. The van der Waals surface area contributed by atoms with Crippen molar-refractivity contribution in [2.24, 2.45) is 0 Å². The van der Waals surface area contributed by atoms with E-state index in [4.69, 9.17) is 4.42 Å². The second-order valence-electron chi connectivity index (χ2n) is 6.73. The molecule has 0 aliphatic heterocycles. The van der Waals surface area contributed by atoms with Crippen LogP contribution in [-0.2, 0) is 11.2 Å². The zero-order valence-electron chi connectivity index (χ0n) is 16.2. The zero-order chi connectivity index (χ0) is 20.8. The summed E-state index contributed by atoms with van der Waals surface area (Å²) >= 11 is 0. The summed E-state index contributed by atoms with van der Waals surface area (Å²) in [5.74, 6) is 1.83. The number of rotatable bonds is 7. The van der Waals surface area contributed by atoms with Crippen molar-refractivity contribution in [3.05, 3.63) is 79.1 Å². The minimum absolute atomic E-state index is 0.126. The number of phenols is 1. The first-order chi connectivity index (χ1) is 14.7. The Labute approximate surface area is 173 Å². The van der Waals surface area contributed by atoms with E-state index in [1.807, 2.05) is 30.3 Å². The van der Waals surface area contributed by atoms with Gasteiger partial charge in [0.25, 0.3) is 0 Å². The Morgan fingerprint density at radius 3 is 2.47 bits per heavy atom. The van der Waals surface area contributed by atoms with Gasteiger partial charge >= 0.3 is 0 Å². The zero-order valence-corrected chi connectivity index (χ0v) is 16.2. The predicted octanol–water partition coefficient (Wildman–Crippen LogP) is 4.47. The lowest BCUT2D eigenvalue weighted by Crippen LogP contribution is -2.12. The molecule has 0 spiro atoms. The lowest BCUT2D eigenvalue weighted by atomic mass is 10.2. The van der Waals surface area contributed by atoms with Gasteiger partial charge in [-0.25, -0.2) is 15.0 Å². The molecule has 7 nitrogen and oxygen atoms in total. The molecule has 0 unspecified atom stereocenters. The number of hydrogen-bond donors (Lipinski definition) is 2. The van der Waals surface area contributed by atoms with Crippen molar-refractivity contribution in [3.8, 4) is 28.5 Å². The van der Waals surface area contributed by atoms with Gasteiger partial charge in [0.1, 0.15) is 5.75 Å². The van der Waals surface area contributed by atoms with E-state index in [1.165, 1.54) is 0 Å². The van der Waals surface area contributed by atoms with Crippen molar-refractivity contribution in [1.29, 1.82) is 0 Å². The topological polar surface area (TPSA) is 101 Å². The average Bonchev–Trinajstić information content (AvgIpc) is 3.24.